The van der Waals surface area contributed by atoms with Crippen LogP contribution in [0.2, 0.25) is 0 Å². The largest absolute Gasteiger partial charge is 0.508 e. The Morgan fingerprint density at radius 1 is 1.38 bits per heavy atom. The van der Waals surface area contributed by atoms with Crippen molar-refractivity contribution in [3.8, 4) is 11.5 Å². The molecule has 0 heterocycles. The molecular weight excluding hydrogens is 175 g/mol. The normalized spacial score (nSPS) is 10.0. The molecule has 0 aliphatic heterocycles. The van der Waals surface area contributed by atoms with Crippen molar-refractivity contribution < 1.29 is 19.0 Å². The number of aromatic hydroxyl groups is 1. The zero-order chi connectivity index (χ0) is 9.68. The summed E-state index contributed by atoms with van der Waals surface area (Å²) in [6.07, 6.45) is 0. The van der Waals surface area contributed by atoms with Crippen LogP contribution < -0.4 is 4.74 Å². The average molecular weight is 186 g/mol. The lowest BCUT2D eigenvalue weighted by atomic mass is 10.3. The fourth-order valence-corrected chi connectivity index (χ4v) is 0.842. The Labute approximate surface area is 75.7 Å². The van der Waals surface area contributed by atoms with Crippen LogP contribution in [-0.4, -0.2) is 25.4 Å². The molecule has 0 aliphatic carbocycles. The molecule has 0 aliphatic rings. The molecule has 1 rings (SSSR count). The van der Waals surface area contributed by atoms with Gasteiger partial charge in [-0.05, 0) is 12.1 Å². The highest BCUT2D eigenvalue weighted by Crippen LogP contribution is 2.21. The molecule has 0 bridgehead atoms. The van der Waals surface area contributed by atoms with E-state index >= 15 is 0 Å². The van der Waals surface area contributed by atoms with Crippen LogP contribution in [0.15, 0.2) is 18.2 Å². The summed E-state index contributed by atoms with van der Waals surface area (Å²) in [6, 6.07) is 3.74. The predicted molar refractivity (Wildman–Crippen MR) is 45.4 cm³/mol. The molecular formula is C9H11FO3. The summed E-state index contributed by atoms with van der Waals surface area (Å²) in [4.78, 5) is 0. The van der Waals surface area contributed by atoms with E-state index in [1.165, 1.54) is 19.2 Å². The van der Waals surface area contributed by atoms with Gasteiger partial charge in [0.15, 0.2) is 11.6 Å². The maximum absolute atomic E-state index is 13.0. The lowest BCUT2D eigenvalue weighted by Gasteiger charge is -2.06. The molecule has 1 aromatic rings. The van der Waals surface area contributed by atoms with Gasteiger partial charge in [0.1, 0.15) is 12.4 Å². The third kappa shape index (κ3) is 2.91. The van der Waals surface area contributed by atoms with Crippen LogP contribution in [0.4, 0.5) is 4.39 Å². The summed E-state index contributed by atoms with van der Waals surface area (Å²) >= 11 is 0. The summed E-state index contributed by atoms with van der Waals surface area (Å²) < 4.78 is 22.7. The Balaban J connectivity index is 2.56. The fourth-order valence-electron chi connectivity index (χ4n) is 0.842. The number of phenolic OH excluding ortho intramolecular Hbond substituents is 1. The van der Waals surface area contributed by atoms with Crippen molar-refractivity contribution in [1.82, 2.24) is 0 Å². The molecule has 72 valence electrons. The van der Waals surface area contributed by atoms with Crippen LogP contribution in [0.5, 0.6) is 11.5 Å². The third-order valence-electron chi connectivity index (χ3n) is 1.46. The van der Waals surface area contributed by atoms with Gasteiger partial charge in [-0.25, -0.2) is 4.39 Å². The van der Waals surface area contributed by atoms with Crippen molar-refractivity contribution in [3.05, 3.63) is 24.0 Å². The Morgan fingerprint density at radius 2 is 2.15 bits per heavy atom. The zero-order valence-corrected chi connectivity index (χ0v) is 7.29. The van der Waals surface area contributed by atoms with E-state index in [1.54, 1.807) is 0 Å². The highest BCUT2D eigenvalue weighted by Gasteiger charge is 2.03. The van der Waals surface area contributed by atoms with Crippen LogP contribution in [0.25, 0.3) is 0 Å². The first kappa shape index (κ1) is 9.80. The number of halogens is 1. The van der Waals surface area contributed by atoms with E-state index in [0.717, 1.165) is 6.07 Å². The summed E-state index contributed by atoms with van der Waals surface area (Å²) in [5, 5.41) is 8.89. The van der Waals surface area contributed by atoms with Gasteiger partial charge >= 0.3 is 0 Å². The van der Waals surface area contributed by atoms with Crippen LogP contribution >= 0.6 is 0 Å². The standard InChI is InChI=1S/C9H11FO3/c1-12-4-5-13-9-3-2-7(11)6-8(9)10/h2-3,6,11H,4-5H2,1H3. The molecule has 3 nitrogen and oxygen atoms in total. The molecule has 0 atom stereocenters. The summed E-state index contributed by atoms with van der Waals surface area (Å²) in [7, 11) is 1.54. The molecule has 0 aromatic heterocycles. The summed E-state index contributed by atoms with van der Waals surface area (Å²) in [6.45, 7) is 0.693. The van der Waals surface area contributed by atoms with Crippen molar-refractivity contribution in [1.29, 1.82) is 0 Å². The molecule has 1 N–H and O–H groups in total. The highest BCUT2D eigenvalue weighted by molar-refractivity contribution is 5.31. The molecule has 0 saturated heterocycles. The molecule has 13 heavy (non-hydrogen) atoms. The van der Waals surface area contributed by atoms with Crippen molar-refractivity contribution in [2.24, 2.45) is 0 Å². The number of ether oxygens (including phenoxy) is 2. The Morgan fingerprint density at radius 3 is 2.77 bits per heavy atom. The zero-order valence-electron chi connectivity index (χ0n) is 7.29. The van der Waals surface area contributed by atoms with Gasteiger partial charge in [0.2, 0.25) is 0 Å². The van der Waals surface area contributed by atoms with Crippen LogP contribution in [-0.2, 0) is 4.74 Å². The van der Waals surface area contributed by atoms with Crippen LogP contribution in [0.3, 0.4) is 0 Å². The monoisotopic (exact) mass is 186 g/mol. The van der Waals surface area contributed by atoms with Gasteiger partial charge in [-0.1, -0.05) is 0 Å². The first-order valence-corrected chi connectivity index (χ1v) is 3.84. The van der Waals surface area contributed by atoms with E-state index in [9.17, 15) is 4.39 Å². The predicted octanol–water partition coefficient (Wildman–Crippen LogP) is 1.56. The van der Waals surface area contributed by atoms with Gasteiger partial charge in [0.25, 0.3) is 0 Å². The molecule has 0 radical (unpaired) electrons. The average Bonchev–Trinajstić information content (AvgIpc) is 2.09. The molecule has 0 unspecified atom stereocenters. The first-order valence-electron chi connectivity index (χ1n) is 3.84. The number of rotatable bonds is 4. The maximum Gasteiger partial charge on any atom is 0.168 e. The molecule has 1 aromatic carbocycles. The van der Waals surface area contributed by atoms with E-state index in [1.807, 2.05) is 0 Å². The number of phenols is 1. The van der Waals surface area contributed by atoms with Gasteiger partial charge in [-0.15, -0.1) is 0 Å². The minimum absolute atomic E-state index is 0.114. The van der Waals surface area contributed by atoms with Crippen molar-refractivity contribution in [2.45, 2.75) is 0 Å². The van der Waals surface area contributed by atoms with Gasteiger partial charge in [-0.2, -0.15) is 0 Å². The second-order valence-electron chi connectivity index (χ2n) is 2.46. The quantitative estimate of drug-likeness (QED) is 0.725. The van der Waals surface area contributed by atoms with Gasteiger partial charge in [0, 0.05) is 13.2 Å². The lowest BCUT2D eigenvalue weighted by molar-refractivity contribution is 0.144. The third-order valence-corrected chi connectivity index (χ3v) is 1.46. The minimum atomic E-state index is -0.573. The van der Waals surface area contributed by atoms with E-state index in [-0.39, 0.29) is 18.1 Å². The molecule has 0 spiro atoms. The number of benzene rings is 1. The van der Waals surface area contributed by atoms with E-state index in [4.69, 9.17) is 14.6 Å². The van der Waals surface area contributed by atoms with Crippen molar-refractivity contribution >= 4 is 0 Å². The van der Waals surface area contributed by atoms with Gasteiger partial charge < -0.3 is 14.6 Å². The van der Waals surface area contributed by atoms with E-state index in [0.29, 0.717) is 6.61 Å². The van der Waals surface area contributed by atoms with Gasteiger partial charge in [0.05, 0.1) is 6.61 Å². The molecule has 0 fully saturated rings. The summed E-state index contributed by atoms with van der Waals surface area (Å²) in [5.74, 6) is -0.567. The Kier molecular flexibility index (Phi) is 3.52. The van der Waals surface area contributed by atoms with Crippen molar-refractivity contribution in [2.75, 3.05) is 20.3 Å². The van der Waals surface area contributed by atoms with E-state index < -0.39 is 5.82 Å². The van der Waals surface area contributed by atoms with Gasteiger partial charge in [-0.3, -0.25) is 0 Å². The Hall–Kier alpha value is -1.29. The van der Waals surface area contributed by atoms with E-state index in [2.05, 4.69) is 0 Å². The van der Waals surface area contributed by atoms with Crippen LogP contribution in [0.1, 0.15) is 0 Å². The number of hydrogen-bond acceptors (Lipinski definition) is 3. The maximum atomic E-state index is 13.0. The first-order chi connectivity index (χ1) is 6.24. The number of methoxy groups -OCH3 is 1. The SMILES string of the molecule is COCCOc1ccc(O)cc1F. The highest BCUT2D eigenvalue weighted by atomic mass is 19.1. The molecule has 4 heteroatoms. The van der Waals surface area contributed by atoms with Crippen molar-refractivity contribution in [3.63, 3.8) is 0 Å². The lowest BCUT2D eigenvalue weighted by Crippen LogP contribution is -2.05. The smallest absolute Gasteiger partial charge is 0.168 e. The summed E-state index contributed by atoms with van der Waals surface area (Å²) in [5.41, 5.74) is 0. The fraction of sp³-hybridized carbons (Fsp3) is 0.333. The Bertz CT molecular complexity index is 276. The molecule has 0 saturated carbocycles. The van der Waals surface area contributed by atoms with Crippen LogP contribution in [0, 0.1) is 5.82 Å². The second-order valence-corrected chi connectivity index (χ2v) is 2.46. The second kappa shape index (κ2) is 4.67. The molecule has 0 amide bonds. The minimum Gasteiger partial charge on any atom is -0.508 e. The topological polar surface area (TPSA) is 38.7 Å². The number of hydrogen-bond donors (Lipinski definition) is 1.